The predicted molar refractivity (Wildman–Crippen MR) is 303 cm³/mol. The van der Waals surface area contributed by atoms with Gasteiger partial charge in [-0.1, -0.05) is 0 Å². The molecule has 0 amide bonds. The van der Waals surface area contributed by atoms with E-state index in [1.165, 1.54) is 190 Å². The molecule has 3 heteroatoms. The van der Waals surface area contributed by atoms with E-state index in [1.807, 2.05) is 43.5 Å². The summed E-state index contributed by atoms with van der Waals surface area (Å²) in [4.78, 5) is 0. The molecule has 4 atom stereocenters. The van der Waals surface area contributed by atoms with Crippen LogP contribution in [0.5, 0.6) is 0 Å². The number of rotatable bonds is 30. The van der Waals surface area contributed by atoms with Crippen molar-refractivity contribution in [3.05, 3.63) is 117 Å². The van der Waals surface area contributed by atoms with E-state index >= 15 is 0 Å². The number of unbranched alkanes of at least 4 members (excludes halogenated alkanes) is 8. The van der Waals surface area contributed by atoms with Gasteiger partial charge in [-0.3, -0.25) is 0 Å². The zero-order chi connectivity index (χ0) is 47.5. The second-order valence-corrected chi connectivity index (χ2v) is 69.4. The molecular weight excluding hydrogens is 956 g/mol. The fourth-order valence-corrected chi connectivity index (χ4v) is 202. The molecule has 14 rings (SSSR count). The standard InChI is InChI=1S/C61H87P2.C5H5.Ru/c1-9-17-30-48-34-25-42-56(52(48)38-21-13-5)62(57-43-26-35-49(31-18-10-2)53(57)39-22-14-6)60-46-29-47-61(60)63(58-44-27-36-50(32-19-11-3)54(58)40-23-15-7)59-45-28-37-51(33-20-12-4)55(59)41-24-16-8;1-2-4-5-3-1;/h25-29,34-37,42-47H,9-24,30-33,38-41H2,1-8H3;1-5H;. The molecule has 0 aliphatic carbocycles. The topological polar surface area (TPSA) is 0 Å². The normalized spacial score (nSPS) is 39.5. The Hall–Kier alpha value is -1.64. The third-order valence-electron chi connectivity index (χ3n) is 27.6. The monoisotopic (exact) mass is 1050 g/mol. The Labute approximate surface area is 412 Å². The summed E-state index contributed by atoms with van der Waals surface area (Å²) in [5.41, 5.74) is 14.6. The maximum atomic E-state index is 2.87. The first-order valence-electron chi connectivity index (χ1n) is 30.0. The van der Waals surface area contributed by atoms with Crippen molar-refractivity contribution >= 4 is 37.1 Å². The van der Waals surface area contributed by atoms with E-state index in [4.69, 9.17) is 0 Å². The molecule has 0 N–H and O–H groups in total. The number of hydrogen-bond acceptors (Lipinski definition) is 0. The fourth-order valence-electron chi connectivity index (χ4n) is 26.8. The van der Waals surface area contributed by atoms with Crippen molar-refractivity contribution in [2.75, 3.05) is 0 Å². The van der Waals surface area contributed by atoms with Crippen molar-refractivity contribution in [3.8, 4) is 0 Å². The third-order valence-corrected chi connectivity index (χ3v) is 113. The minimum atomic E-state index is -4.79. The second kappa shape index (κ2) is 11.4. The SMILES string of the molecule is CCCCc1cccc(P(c2cccc(CCCC)c2CCCC)[C]23[CH]4[CH]5[CH]6[C]2(P(c2cccc(CCCC)c2CCCC)c2cccc(CCCC)c2CCCC)[Ru]54632789[CH]3[CH]2[CH]7[CH]8[CH]39)c1CCCC. The van der Waals surface area contributed by atoms with Crippen LogP contribution in [0.2, 0.25) is 36.1 Å². The van der Waals surface area contributed by atoms with Gasteiger partial charge in [-0.2, -0.15) is 0 Å². The van der Waals surface area contributed by atoms with E-state index in [1.54, 1.807) is 22.3 Å². The number of fused-ring (bicyclic) bond motifs is 10. The zero-order valence-corrected chi connectivity index (χ0v) is 48.3. The quantitative estimate of drug-likeness (QED) is 0.0361. The van der Waals surface area contributed by atoms with Crippen LogP contribution in [0.3, 0.4) is 0 Å². The van der Waals surface area contributed by atoms with E-state index in [2.05, 4.69) is 128 Å². The Morgan fingerprint density at radius 1 is 0.319 bits per heavy atom. The maximum absolute atomic E-state index is 4.79. The first kappa shape index (κ1) is 45.9. The Morgan fingerprint density at radius 3 is 0.754 bits per heavy atom. The summed E-state index contributed by atoms with van der Waals surface area (Å²) in [6.07, 6.45) is 31.4. The van der Waals surface area contributed by atoms with E-state index in [9.17, 15) is 0 Å². The summed E-state index contributed by atoms with van der Waals surface area (Å²) in [5.74, 6) is 0. The van der Waals surface area contributed by atoms with Gasteiger partial charge in [0.05, 0.1) is 0 Å². The summed E-state index contributed by atoms with van der Waals surface area (Å²) >= 11 is 0. The molecule has 10 aliphatic heterocycles. The molecule has 69 heavy (non-hydrogen) atoms. The molecule has 1 spiro atoms. The van der Waals surface area contributed by atoms with Crippen LogP contribution in [0.4, 0.5) is 0 Å². The number of aryl methyl sites for hydroxylation is 4. The van der Waals surface area contributed by atoms with Crippen molar-refractivity contribution < 1.29 is 7.72 Å². The van der Waals surface area contributed by atoms with Crippen molar-refractivity contribution in [2.45, 2.75) is 253 Å². The Morgan fingerprint density at radius 2 is 0.551 bits per heavy atom. The molecule has 374 valence electrons. The molecular formula is C66H92P2Ru. The molecule has 0 aromatic heterocycles. The Balaban J connectivity index is 1.09. The Bertz CT molecular complexity index is 2720. The summed E-state index contributed by atoms with van der Waals surface area (Å²) in [6.45, 7) is 19.6. The van der Waals surface area contributed by atoms with Gasteiger partial charge >= 0.3 is 415 Å². The summed E-state index contributed by atoms with van der Waals surface area (Å²) in [7, 11) is -5.82. The fraction of sp³-hybridized carbons (Fsp3) is 0.636. The molecule has 0 radical (unpaired) electrons. The van der Waals surface area contributed by atoms with E-state index < -0.39 is 23.6 Å². The van der Waals surface area contributed by atoms with Crippen LogP contribution in [0.15, 0.2) is 72.8 Å². The molecule has 0 saturated carbocycles. The molecule has 10 fully saturated rings. The van der Waals surface area contributed by atoms with Gasteiger partial charge < -0.3 is 0 Å². The van der Waals surface area contributed by atoms with Gasteiger partial charge in [-0.15, -0.1) is 0 Å². The second-order valence-electron chi connectivity index (χ2n) is 26.8. The number of hydrogen-bond donors (Lipinski definition) is 0. The summed E-state index contributed by atoms with van der Waals surface area (Å²) in [5, 5.41) is 7.87. The molecule has 10 heterocycles. The van der Waals surface area contributed by atoms with Crippen molar-refractivity contribution in [3.63, 3.8) is 0 Å². The van der Waals surface area contributed by atoms with Gasteiger partial charge in [-0.05, 0) is 0 Å². The average molecular weight is 1050 g/mol. The van der Waals surface area contributed by atoms with Crippen molar-refractivity contribution in [1.82, 2.24) is 0 Å². The third kappa shape index (κ3) is 2.36. The van der Waals surface area contributed by atoms with Crippen LogP contribution >= 0.6 is 15.8 Å². The minimum absolute atomic E-state index is 0.518. The van der Waals surface area contributed by atoms with Crippen LogP contribution in [-0.2, 0) is 59.1 Å². The van der Waals surface area contributed by atoms with Crippen molar-refractivity contribution in [2.24, 2.45) is 0 Å². The van der Waals surface area contributed by atoms with Crippen LogP contribution in [0.25, 0.3) is 0 Å². The zero-order valence-electron chi connectivity index (χ0n) is 44.8. The summed E-state index contributed by atoms with van der Waals surface area (Å²) < 4.78 is 11.4. The van der Waals surface area contributed by atoms with E-state index in [-0.39, 0.29) is 0 Å². The number of benzene rings is 4. The summed E-state index contributed by atoms with van der Waals surface area (Å²) in [6, 6.07) is 32.6. The van der Waals surface area contributed by atoms with Crippen LogP contribution in [-0.4, -0.2) is 7.50 Å². The van der Waals surface area contributed by atoms with Gasteiger partial charge in [0.1, 0.15) is 0 Å². The molecule has 4 aromatic carbocycles. The molecule has 4 unspecified atom stereocenters. The Kier molecular flexibility index (Phi) is 7.62. The van der Waals surface area contributed by atoms with Gasteiger partial charge in [-0.25, -0.2) is 0 Å². The first-order chi connectivity index (χ1) is 33.7. The molecule has 10 aliphatic rings. The molecule has 0 bridgehead atoms. The van der Waals surface area contributed by atoms with Gasteiger partial charge in [0, 0.05) is 0 Å². The van der Waals surface area contributed by atoms with E-state index in [0.29, 0.717) is 7.50 Å². The van der Waals surface area contributed by atoms with Gasteiger partial charge in [0.25, 0.3) is 0 Å². The predicted octanol–water partition coefficient (Wildman–Crippen LogP) is 18.2. The van der Waals surface area contributed by atoms with E-state index in [0.717, 1.165) is 0 Å². The first-order valence-corrected chi connectivity index (χ1v) is 42.4. The van der Waals surface area contributed by atoms with Crippen LogP contribution < -0.4 is 21.2 Å². The molecule has 0 nitrogen and oxygen atoms in total. The van der Waals surface area contributed by atoms with Crippen LogP contribution in [0.1, 0.15) is 203 Å². The van der Waals surface area contributed by atoms with Crippen LogP contribution in [0, 0.1) is 0 Å². The molecule has 10 saturated heterocycles. The van der Waals surface area contributed by atoms with Gasteiger partial charge in [0.2, 0.25) is 0 Å². The average Bonchev–Trinajstić information content (AvgIpc) is 4.33. The molecule has 4 aromatic rings. The van der Waals surface area contributed by atoms with Gasteiger partial charge in [0.15, 0.2) is 0 Å². The van der Waals surface area contributed by atoms with Crippen molar-refractivity contribution in [1.29, 1.82) is 0 Å².